The number of thioether (sulfide) groups is 1. The molecule has 2 aliphatic heterocycles. The molecule has 2 heterocycles. The lowest BCUT2D eigenvalue weighted by Gasteiger charge is -2.27. The smallest absolute Gasteiger partial charge is 0.154 e. The number of benzene rings is 1. The first-order valence-electron chi connectivity index (χ1n) is 6.43. The molecule has 1 aromatic carbocycles. The van der Waals surface area contributed by atoms with Gasteiger partial charge in [-0.05, 0) is 31.5 Å². The van der Waals surface area contributed by atoms with Gasteiger partial charge in [0, 0.05) is 23.4 Å². The molecule has 0 aliphatic carbocycles. The minimum atomic E-state index is -0.224. The van der Waals surface area contributed by atoms with E-state index in [-0.39, 0.29) is 5.66 Å². The SMILES string of the molecule is CSC1=NC2(CCNCC2)N=C1c1ccc(Cl)cc1. The molecule has 19 heavy (non-hydrogen) atoms. The van der Waals surface area contributed by atoms with Crippen LogP contribution in [0, 0.1) is 0 Å². The summed E-state index contributed by atoms with van der Waals surface area (Å²) in [6.45, 7) is 1.98. The summed E-state index contributed by atoms with van der Waals surface area (Å²) in [5.41, 5.74) is 1.90. The number of aliphatic imine (C=N–C) groups is 2. The Balaban J connectivity index is 1.97. The van der Waals surface area contributed by atoms with E-state index in [9.17, 15) is 0 Å². The third-order valence-corrected chi connectivity index (χ3v) is 4.47. The molecule has 2 aliphatic rings. The summed E-state index contributed by atoms with van der Waals surface area (Å²) >= 11 is 7.62. The van der Waals surface area contributed by atoms with Gasteiger partial charge >= 0.3 is 0 Å². The molecule has 1 fully saturated rings. The van der Waals surface area contributed by atoms with Gasteiger partial charge in [-0.3, -0.25) is 4.99 Å². The van der Waals surface area contributed by atoms with E-state index in [1.165, 1.54) is 0 Å². The molecule has 1 saturated heterocycles. The first-order chi connectivity index (χ1) is 9.22. The highest BCUT2D eigenvalue weighted by molar-refractivity contribution is 8.15. The number of rotatable bonds is 1. The van der Waals surface area contributed by atoms with Crippen molar-refractivity contribution in [3.8, 4) is 0 Å². The van der Waals surface area contributed by atoms with Crippen molar-refractivity contribution in [3.63, 3.8) is 0 Å². The minimum absolute atomic E-state index is 0.224. The Kier molecular flexibility index (Phi) is 3.65. The molecule has 3 rings (SSSR count). The fraction of sp³-hybridized carbons (Fsp3) is 0.429. The molecule has 0 radical (unpaired) electrons. The molecule has 1 N–H and O–H groups in total. The van der Waals surface area contributed by atoms with Crippen molar-refractivity contribution in [1.29, 1.82) is 0 Å². The van der Waals surface area contributed by atoms with Crippen LogP contribution in [0.1, 0.15) is 18.4 Å². The molecule has 1 aromatic rings. The van der Waals surface area contributed by atoms with Gasteiger partial charge in [0.2, 0.25) is 0 Å². The van der Waals surface area contributed by atoms with Gasteiger partial charge in [0.25, 0.3) is 0 Å². The summed E-state index contributed by atoms with van der Waals surface area (Å²) in [6, 6.07) is 7.86. The van der Waals surface area contributed by atoms with Crippen LogP contribution >= 0.6 is 23.4 Å². The summed E-state index contributed by atoms with van der Waals surface area (Å²) in [5.74, 6) is 0. The van der Waals surface area contributed by atoms with Crippen LogP contribution in [-0.2, 0) is 0 Å². The van der Waals surface area contributed by atoms with Gasteiger partial charge < -0.3 is 5.32 Å². The normalized spacial score (nSPS) is 21.4. The Labute approximate surface area is 122 Å². The van der Waals surface area contributed by atoms with Gasteiger partial charge in [-0.1, -0.05) is 23.7 Å². The first-order valence-corrected chi connectivity index (χ1v) is 8.03. The minimum Gasteiger partial charge on any atom is -0.316 e. The largest absolute Gasteiger partial charge is 0.316 e. The Morgan fingerprint density at radius 3 is 2.47 bits per heavy atom. The molecule has 100 valence electrons. The number of hydrogen-bond donors (Lipinski definition) is 1. The van der Waals surface area contributed by atoms with Crippen molar-refractivity contribution in [2.45, 2.75) is 18.5 Å². The molecule has 0 saturated carbocycles. The molecule has 0 amide bonds. The van der Waals surface area contributed by atoms with Crippen LogP contribution in [0.2, 0.25) is 5.02 Å². The second kappa shape index (κ2) is 5.27. The molecule has 1 spiro atoms. The molecule has 0 bridgehead atoms. The second-order valence-corrected chi connectivity index (χ2v) is 6.05. The summed E-state index contributed by atoms with van der Waals surface area (Å²) in [7, 11) is 0. The average Bonchev–Trinajstić information content (AvgIpc) is 2.79. The van der Waals surface area contributed by atoms with Crippen molar-refractivity contribution in [2.75, 3.05) is 19.3 Å². The first kappa shape index (κ1) is 13.2. The lowest BCUT2D eigenvalue weighted by Crippen LogP contribution is -2.38. The van der Waals surface area contributed by atoms with Crippen molar-refractivity contribution in [2.24, 2.45) is 9.98 Å². The topological polar surface area (TPSA) is 36.8 Å². The van der Waals surface area contributed by atoms with E-state index in [2.05, 4.69) is 11.6 Å². The van der Waals surface area contributed by atoms with Gasteiger partial charge in [-0.25, -0.2) is 4.99 Å². The third kappa shape index (κ3) is 2.57. The van der Waals surface area contributed by atoms with Crippen LogP contribution in [0.15, 0.2) is 34.3 Å². The number of nitrogens with one attached hydrogen (secondary N) is 1. The number of piperidine rings is 1. The lowest BCUT2D eigenvalue weighted by molar-refractivity contribution is 0.332. The predicted molar refractivity (Wildman–Crippen MR) is 83.8 cm³/mol. The summed E-state index contributed by atoms with van der Waals surface area (Å²) in [5, 5.41) is 5.17. The summed E-state index contributed by atoms with van der Waals surface area (Å²) < 4.78 is 0. The van der Waals surface area contributed by atoms with E-state index >= 15 is 0 Å². The van der Waals surface area contributed by atoms with Gasteiger partial charge in [0.15, 0.2) is 5.66 Å². The quantitative estimate of drug-likeness (QED) is 0.864. The number of halogens is 1. The Bertz CT molecular complexity index is 530. The van der Waals surface area contributed by atoms with Crippen LogP contribution in [0.25, 0.3) is 0 Å². The number of nitrogens with zero attached hydrogens (tertiary/aromatic N) is 2. The summed E-state index contributed by atoms with van der Waals surface area (Å²) in [4.78, 5) is 9.82. The highest BCUT2D eigenvalue weighted by atomic mass is 35.5. The van der Waals surface area contributed by atoms with Crippen LogP contribution < -0.4 is 5.32 Å². The molecule has 0 aromatic heterocycles. The van der Waals surface area contributed by atoms with Crippen LogP contribution in [-0.4, -0.2) is 35.8 Å². The zero-order valence-corrected chi connectivity index (χ0v) is 12.4. The van der Waals surface area contributed by atoms with Gasteiger partial charge in [0.1, 0.15) is 5.04 Å². The van der Waals surface area contributed by atoms with Gasteiger partial charge in [-0.15, -0.1) is 11.8 Å². The fourth-order valence-corrected chi connectivity index (χ4v) is 3.26. The van der Waals surface area contributed by atoms with Crippen molar-refractivity contribution < 1.29 is 0 Å². The average molecular weight is 294 g/mol. The molecular formula is C14H16ClN3S. The van der Waals surface area contributed by atoms with E-state index in [0.717, 1.165) is 47.3 Å². The molecular weight excluding hydrogens is 278 g/mol. The standard InChI is InChI=1S/C14H16ClN3S/c1-19-13-12(10-2-4-11(15)5-3-10)17-14(18-13)6-8-16-9-7-14/h2-5,16H,6-9H2,1H3. The molecule has 5 heteroatoms. The van der Waals surface area contributed by atoms with Crippen molar-refractivity contribution in [1.82, 2.24) is 5.32 Å². The van der Waals surface area contributed by atoms with Crippen molar-refractivity contribution in [3.05, 3.63) is 34.9 Å². The van der Waals surface area contributed by atoms with E-state index in [0.29, 0.717) is 0 Å². The maximum absolute atomic E-state index is 5.95. The predicted octanol–water partition coefficient (Wildman–Crippen LogP) is 2.98. The maximum Gasteiger partial charge on any atom is 0.154 e. The lowest BCUT2D eigenvalue weighted by atomic mass is 10.0. The number of hydrogen-bond acceptors (Lipinski definition) is 4. The molecule has 0 unspecified atom stereocenters. The second-order valence-electron chi connectivity index (χ2n) is 4.82. The van der Waals surface area contributed by atoms with E-state index in [1.54, 1.807) is 11.8 Å². The van der Waals surface area contributed by atoms with Crippen LogP contribution in [0.3, 0.4) is 0 Å². The fourth-order valence-electron chi connectivity index (χ4n) is 2.51. The Morgan fingerprint density at radius 1 is 1.16 bits per heavy atom. The van der Waals surface area contributed by atoms with Crippen LogP contribution in [0.4, 0.5) is 0 Å². The highest BCUT2D eigenvalue weighted by Gasteiger charge is 2.37. The Morgan fingerprint density at radius 2 is 1.84 bits per heavy atom. The maximum atomic E-state index is 5.95. The van der Waals surface area contributed by atoms with E-state index in [4.69, 9.17) is 21.6 Å². The van der Waals surface area contributed by atoms with Gasteiger partial charge in [0.05, 0.1) is 5.71 Å². The molecule has 3 nitrogen and oxygen atoms in total. The summed E-state index contributed by atoms with van der Waals surface area (Å²) in [6.07, 6.45) is 4.02. The van der Waals surface area contributed by atoms with Crippen molar-refractivity contribution >= 4 is 34.1 Å². The third-order valence-electron chi connectivity index (χ3n) is 3.55. The van der Waals surface area contributed by atoms with Crippen LogP contribution in [0.5, 0.6) is 0 Å². The highest BCUT2D eigenvalue weighted by Crippen LogP contribution is 2.33. The molecule has 0 atom stereocenters. The monoisotopic (exact) mass is 293 g/mol. The van der Waals surface area contributed by atoms with Gasteiger partial charge in [-0.2, -0.15) is 0 Å². The zero-order chi connectivity index (χ0) is 13.3. The zero-order valence-electron chi connectivity index (χ0n) is 10.8. The van der Waals surface area contributed by atoms with E-state index < -0.39 is 0 Å². The van der Waals surface area contributed by atoms with E-state index in [1.807, 2.05) is 24.3 Å². The Hall–Kier alpha value is -0.840.